The zero-order chi connectivity index (χ0) is 11.3. The van der Waals surface area contributed by atoms with E-state index in [0.29, 0.717) is 12.3 Å². The van der Waals surface area contributed by atoms with Crippen molar-refractivity contribution in [1.29, 1.82) is 0 Å². The van der Waals surface area contributed by atoms with Gasteiger partial charge in [-0.3, -0.25) is 0 Å². The molecule has 0 aliphatic heterocycles. The van der Waals surface area contributed by atoms with Crippen molar-refractivity contribution < 1.29 is 15.0 Å². The van der Waals surface area contributed by atoms with Crippen LogP contribution in [0.1, 0.15) is 44.9 Å². The number of hydrogen-bond donors (Lipinski definition) is 3. The topological polar surface area (TPSA) is 83.5 Å². The molecule has 1 aliphatic rings. The van der Waals surface area contributed by atoms with Gasteiger partial charge in [-0.1, -0.05) is 32.1 Å². The van der Waals surface area contributed by atoms with Gasteiger partial charge in [-0.15, -0.1) is 12.4 Å². The van der Waals surface area contributed by atoms with E-state index in [2.05, 4.69) is 0 Å². The number of carbonyl (C=O) groups is 1. The lowest BCUT2D eigenvalue weighted by Gasteiger charge is -2.23. The number of hydrogen-bond acceptors (Lipinski definition) is 3. The van der Waals surface area contributed by atoms with Gasteiger partial charge in [0.25, 0.3) is 0 Å². The molecule has 0 aromatic rings. The van der Waals surface area contributed by atoms with Crippen LogP contribution in [-0.4, -0.2) is 28.3 Å². The Morgan fingerprint density at radius 1 is 1.31 bits per heavy atom. The number of nitrogens with two attached hydrogens (primary N) is 1. The highest BCUT2D eigenvalue weighted by atomic mass is 35.5. The van der Waals surface area contributed by atoms with E-state index in [4.69, 9.17) is 10.8 Å². The van der Waals surface area contributed by atoms with Crippen LogP contribution >= 0.6 is 12.4 Å². The number of carboxylic acid groups (broad SMARTS) is 1. The van der Waals surface area contributed by atoms with Gasteiger partial charge in [0.2, 0.25) is 0 Å². The minimum atomic E-state index is -1.41. The first-order valence-electron chi connectivity index (χ1n) is 5.77. The third kappa shape index (κ3) is 5.14. The first kappa shape index (κ1) is 15.7. The van der Waals surface area contributed by atoms with Crippen molar-refractivity contribution in [3.8, 4) is 0 Å². The fourth-order valence-corrected chi connectivity index (χ4v) is 2.24. The van der Waals surface area contributed by atoms with Gasteiger partial charge in [0.05, 0.1) is 0 Å². The standard InChI is InChI=1S/C11H21NO3.ClH/c12-9(10(13)11(14)15)7-6-8-4-2-1-3-5-8;/h8-10,13H,1-7,12H2,(H,14,15);1H/t9-,10+;/m0./s1. The van der Waals surface area contributed by atoms with E-state index in [1.807, 2.05) is 0 Å². The molecule has 1 rings (SSSR count). The second-order valence-electron chi connectivity index (χ2n) is 4.53. The predicted molar refractivity (Wildman–Crippen MR) is 64.7 cm³/mol. The maximum Gasteiger partial charge on any atom is 0.334 e. The molecule has 5 heteroatoms. The van der Waals surface area contributed by atoms with E-state index in [-0.39, 0.29) is 12.4 Å². The minimum Gasteiger partial charge on any atom is -0.479 e. The van der Waals surface area contributed by atoms with Crippen molar-refractivity contribution in [2.24, 2.45) is 11.7 Å². The van der Waals surface area contributed by atoms with E-state index >= 15 is 0 Å². The van der Waals surface area contributed by atoms with Crippen molar-refractivity contribution >= 4 is 18.4 Å². The zero-order valence-electron chi connectivity index (χ0n) is 9.47. The van der Waals surface area contributed by atoms with Crippen molar-refractivity contribution in [2.45, 2.75) is 57.1 Å². The number of carboxylic acids is 1. The average Bonchev–Trinajstić information content (AvgIpc) is 2.26. The zero-order valence-corrected chi connectivity index (χ0v) is 10.3. The Morgan fingerprint density at radius 3 is 2.38 bits per heavy atom. The van der Waals surface area contributed by atoms with Gasteiger partial charge in [0, 0.05) is 6.04 Å². The fourth-order valence-electron chi connectivity index (χ4n) is 2.24. The second-order valence-corrected chi connectivity index (χ2v) is 4.53. The summed E-state index contributed by atoms with van der Waals surface area (Å²) in [6, 6.07) is -0.621. The highest BCUT2D eigenvalue weighted by Gasteiger charge is 2.23. The van der Waals surface area contributed by atoms with Crippen molar-refractivity contribution in [3.63, 3.8) is 0 Å². The largest absolute Gasteiger partial charge is 0.479 e. The molecule has 96 valence electrons. The van der Waals surface area contributed by atoms with Gasteiger partial charge in [-0.05, 0) is 18.8 Å². The van der Waals surface area contributed by atoms with Crippen LogP contribution in [-0.2, 0) is 4.79 Å². The van der Waals surface area contributed by atoms with Crippen molar-refractivity contribution in [3.05, 3.63) is 0 Å². The van der Waals surface area contributed by atoms with Crippen LogP contribution in [0.2, 0.25) is 0 Å². The lowest BCUT2D eigenvalue weighted by Crippen LogP contribution is -2.40. The van der Waals surface area contributed by atoms with Gasteiger partial charge in [-0.2, -0.15) is 0 Å². The summed E-state index contributed by atoms with van der Waals surface area (Å²) in [5, 5.41) is 17.8. The van der Waals surface area contributed by atoms with Gasteiger partial charge < -0.3 is 15.9 Å². The predicted octanol–water partition coefficient (Wildman–Crippen LogP) is 1.54. The molecule has 0 saturated heterocycles. The molecule has 1 aliphatic carbocycles. The van der Waals surface area contributed by atoms with E-state index < -0.39 is 18.1 Å². The molecular formula is C11H22ClNO3. The average molecular weight is 252 g/mol. The highest BCUT2D eigenvalue weighted by Crippen LogP contribution is 2.27. The third-order valence-corrected chi connectivity index (χ3v) is 3.29. The maximum absolute atomic E-state index is 10.5. The first-order chi connectivity index (χ1) is 7.11. The Balaban J connectivity index is 0.00000225. The molecule has 0 amide bonds. The van der Waals surface area contributed by atoms with Crippen LogP contribution in [0.25, 0.3) is 0 Å². The van der Waals surface area contributed by atoms with Crippen LogP contribution < -0.4 is 5.73 Å². The number of halogens is 1. The molecule has 0 unspecified atom stereocenters. The molecule has 0 bridgehead atoms. The van der Waals surface area contributed by atoms with E-state index in [1.165, 1.54) is 32.1 Å². The monoisotopic (exact) mass is 251 g/mol. The summed E-state index contributed by atoms with van der Waals surface area (Å²) in [6.45, 7) is 0. The van der Waals surface area contributed by atoms with Crippen molar-refractivity contribution in [1.82, 2.24) is 0 Å². The highest BCUT2D eigenvalue weighted by molar-refractivity contribution is 5.85. The summed E-state index contributed by atoms with van der Waals surface area (Å²) in [5.74, 6) is -0.531. The summed E-state index contributed by atoms with van der Waals surface area (Å²) < 4.78 is 0. The smallest absolute Gasteiger partial charge is 0.334 e. The molecule has 0 aromatic carbocycles. The summed E-state index contributed by atoms with van der Waals surface area (Å²) >= 11 is 0. The Kier molecular flexibility index (Phi) is 7.72. The molecule has 1 saturated carbocycles. The quantitative estimate of drug-likeness (QED) is 0.692. The van der Waals surface area contributed by atoms with Gasteiger partial charge in [0.1, 0.15) is 0 Å². The van der Waals surface area contributed by atoms with E-state index in [1.54, 1.807) is 0 Å². The van der Waals surface area contributed by atoms with Crippen LogP contribution in [0, 0.1) is 5.92 Å². The first-order valence-corrected chi connectivity index (χ1v) is 5.77. The van der Waals surface area contributed by atoms with Crippen LogP contribution in [0.3, 0.4) is 0 Å². The number of aliphatic hydroxyl groups is 1. The molecule has 16 heavy (non-hydrogen) atoms. The van der Waals surface area contributed by atoms with Crippen LogP contribution in [0.15, 0.2) is 0 Å². The molecular weight excluding hydrogens is 230 g/mol. The van der Waals surface area contributed by atoms with Gasteiger partial charge >= 0.3 is 5.97 Å². The molecule has 4 N–H and O–H groups in total. The van der Waals surface area contributed by atoms with Crippen LogP contribution in [0.5, 0.6) is 0 Å². The van der Waals surface area contributed by atoms with Gasteiger partial charge in [-0.25, -0.2) is 4.79 Å². The normalized spacial score (nSPS) is 20.9. The molecule has 0 radical (unpaired) electrons. The third-order valence-electron chi connectivity index (χ3n) is 3.29. The number of rotatable bonds is 5. The SMILES string of the molecule is Cl.N[C@@H](CCC1CCCCC1)[C@@H](O)C(=O)O. The second kappa shape index (κ2) is 7.87. The van der Waals surface area contributed by atoms with E-state index in [9.17, 15) is 9.90 Å². The molecule has 0 heterocycles. The van der Waals surface area contributed by atoms with Crippen molar-refractivity contribution in [2.75, 3.05) is 0 Å². The Bertz CT molecular complexity index is 207. The molecule has 2 atom stereocenters. The lowest BCUT2D eigenvalue weighted by atomic mass is 9.85. The van der Waals surface area contributed by atoms with E-state index in [0.717, 1.165) is 6.42 Å². The summed E-state index contributed by atoms with van der Waals surface area (Å²) in [6.07, 6.45) is 6.49. The Hall–Kier alpha value is -0.320. The summed E-state index contributed by atoms with van der Waals surface area (Å²) in [4.78, 5) is 10.5. The molecule has 1 fully saturated rings. The Morgan fingerprint density at radius 2 is 1.88 bits per heavy atom. The summed E-state index contributed by atoms with van der Waals surface area (Å²) in [5.41, 5.74) is 5.60. The fraction of sp³-hybridized carbons (Fsp3) is 0.909. The summed E-state index contributed by atoms with van der Waals surface area (Å²) in [7, 11) is 0. The molecule has 0 aromatic heterocycles. The number of aliphatic carboxylic acids is 1. The lowest BCUT2D eigenvalue weighted by molar-refractivity contribution is -0.147. The van der Waals surface area contributed by atoms with Gasteiger partial charge in [0.15, 0.2) is 6.10 Å². The maximum atomic E-state index is 10.5. The Labute approximate surface area is 103 Å². The van der Waals surface area contributed by atoms with Crippen LogP contribution in [0.4, 0.5) is 0 Å². The molecule has 4 nitrogen and oxygen atoms in total. The molecule has 0 spiro atoms. The minimum absolute atomic E-state index is 0. The number of aliphatic hydroxyl groups excluding tert-OH is 1.